The number of nitrogens with zero attached hydrogens (tertiary/aromatic N) is 3. The molecule has 2 aliphatic rings. The molecule has 2 aromatic carbocycles. The summed E-state index contributed by atoms with van der Waals surface area (Å²) in [5, 5.41) is -0.435. The van der Waals surface area contributed by atoms with Gasteiger partial charge in [0, 0.05) is 31.7 Å². The second-order valence-corrected chi connectivity index (χ2v) is 9.58. The molecule has 4 amide bonds. The summed E-state index contributed by atoms with van der Waals surface area (Å²) in [6.45, 7) is 1.53. The quantitative estimate of drug-likeness (QED) is 0.468. The van der Waals surface area contributed by atoms with E-state index in [1.165, 1.54) is 24.5 Å². The molecule has 3 heterocycles. The molecule has 0 saturated carbocycles. The number of benzene rings is 2. The van der Waals surface area contributed by atoms with Gasteiger partial charge in [0.1, 0.15) is 5.82 Å². The highest BCUT2D eigenvalue weighted by atomic mass is 32.2. The summed E-state index contributed by atoms with van der Waals surface area (Å²) >= 11 is 0.808. The van der Waals surface area contributed by atoms with Gasteiger partial charge in [-0.2, -0.15) is 0 Å². The van der Waals surface area contributed by atoms with Crippen molar-refractivity contribution >= 4 is 40.8 Å². The number of thioether (sulfide) groups is 1. The minimum absolute atomic E-state index is 0.0211. The molecule has 37 heavy (non-hydrogen) atoms. The van der Waals surface area contributed by atoms with Crippen LogP contribution in [-0.4, -0.2) is 63.8 Å². The molecule has 10 heteroatoms. The maximum Gasteiger partial charge on any atom is 0.293 e. The summed E-state index contributed by atoms with van der Waals surface area (Å²) in [6.07, 6.45) is 3.03. The predicted octanol–water partition coefficient (Wildman–Crippen LogP) is 4.25. The molecule has 0 N–H and O–H groups in total. The minimum Gasteiger partial charge on any atom is -0.459 e. The summed E-state index contributed by atoms with van der Waals surface area (Å²) in [5.41, 5.74) is 1.56. The van der Waals surface area contributed by atoms with Gasteiger partial charge in [-0.1, -0.05) is 24.3 Å². The van der Waals surface area contributed by atoms with Crippen molar-refractivity contribution in [2.45, 2.75) is 6.54 Å². The molecule has 0 aliphatic carbocycles. The van der Waals surface area contributed by atoms with Crippen LogP contribution in [0, 0.1) is 5.82 Å². The van der Waals surface area contributed by atoms with Crippen LogP contribution in [0.25, 0.3) is 6.08 Å². The highest BCUT2D eigenvalue weighted by molar-refractivity contribution is 8.18. The van der Waals surface area contributed by atoms with E-state index in [1.54, 1.807) is 58.3 Å². The molecule has 2 aliphatic heterocycles. The first-order chi connectivity index (χ1) is 17.9. The molecule has 3 aromatic rings. The van der Waals surface area contributed by atoms with Gasteiger partial charge in [0.15, 0.2) is 5.76 Å². The van der Waals surface area contributed by atoms with Crippen LogP contribution < -0.4 is 0 Å². The predicted molar refractivity (Wildman–Crippen MR) is 135 cm³/mol. The van der Waals surface area contributed by atoms with Gasteiger partial charge in [-0.3, -0.25) is 24.1 Å². The zero-order chi connectivity index (χ0) is 25.9. The number of amides is 4. The second kappa shape index (κ2) is 10.4. The Kier molecular flexibility index (Phi) is 6.91. The SMILES string of the molecule is O=C(c1cccc(/C=C2\SC(=O)N(Cc3cccc(F)c3)C2=O)c1)N1CCN(C(=O)c2ccco2)CC1. The van der Waals surface area contributed by atoms with Crippen LogP contribution in [0.1, 0.15) is 32.0 Å². The maximum absolute atomic E-state index is 13.5. The Morgan fingerprint density at radius 3 is 2.35 bits per heavy atom. The van der Waals surface area contributed by atoms with Crippen LogP contribution >= 0.6 is 11.8 Å². The van der Waals surface area contributed by atoms with E-state index in [1.807, 2.05) is 0 Å². The Bertz CT molecular complexity index is 1400. The lowest BCUT2D eigenvalue weighted by Crippen LogP contribution is -2.50. The average molecular weight is 520 g/mol. The minimum atomic E-state index is -0.465. The van der Waals surface area contributed by atoms with Crippen molar-refractivity contribution in [2.75, 3.05) is 26.2 Å². The largest absolute Gasteiger partial charge is 0.459 e. The molecule has 0 bridgehead atoms. The zero-order valence-corrected chi connectivity index (χ0v) is 20.4. The van der Waals surface area contributed by atoms with Crippen molar-refractivity contribution in [2.24, 2.45) is 0 Å². The Morgan fingerprint density at radius 2 is 1.65 bits per heavy atom. The fourth-order valence-corrected chi connectivity index (χ4v) is 5.06. The summed E-state index contributed by atoms with van der Waals surface area (Å²) in [7, 11) is 0. The Labute approximate surface area is 216 Å². The van der Waals surface area contributed by atoms with Gasteiger partial charge in [-0.15, -0.1) is 0 Å². The van der Waals surface area contributed by atoms with Crippen LogP contribution in [0.2, 0.25) is 0 Å². The maximum atomic E-state index is 13.5. The third-order valence-electron chi connectivity index (χ3n) is 6.12. The van der Waals surface area contributed by atoms with E-state index >= 15 is 0 Å². The van der Waals surface area contributed by atoms with E-state index in [2.05, 4.69) is 0 Å². The van der Waals surface area contributed by atoms with Gasteiger partial charge in [0.25, 0.3) is 23.0 Å². The number of hydrogen-bond acceptors (Lipinski definition) is 6. The lowest BCUT2D eigenvalue weighted by molar-refractivity contribution is -0.123. The fourth-order valence-electron chi connectivity index (χ4n) is 4.22. The van der Waals surface area contributed by atoms with E-state index < -0.39 is 17.0 Å². The molecule has 0 radical (unpaired) electrons. The normalized spacial score (nSPS) is 17.1. The summed E-state index contributed by atoms with van der Waals surface area (Å²) < 4.78 is 18.7. The number of carbonyl (C=O) groups is 4. The monoisotopic (exact) mass is 519 g/mol. The van der Waals surface area contributed by atoms with Crippen molar-refractivity contribution in [3.8, 4) is 0 Å². The Hall–Kier alpha value is -4.18. The molecule has 2 saturated heterocycles. The van der Waals surface area contributed by atoms with E-state index in [9.17, 15) is 23.6 Å². The first kappa shape index (κ1) is 24.5. The molecule has 0 atom stereocenters. The van der Waals surface area contributed by atoms with Gasteiger partial charge >= 0.3 is 0 Å². The lowest BCUT2D eigenvalue weighted by Gasteiger charge is -2.34. The topological polar surface area (TPSA) is 91.1 Å². The van der Waals surface area contributed by atoms with E-state index in [-0.39, 0.29) is 29.0 Å². The molecule has 8 nitrogen and oxygen atoms in total. The van der Waals surface area contributed by atoms with Gasteiger partial charge < -0.3 is 14.2 Å². The van der Waals surface area contributed by atoms with Crippen LogP contribution in [-0.2, 0) is 11.3 Å². The molecule has 1 aromatic heterocycles. The molecule has 0 spiro atoms. The van der Waals surface area contributed by atoms with Crippen LogP contribution in [0.4, 0.5) is 9.18 Å². The van der Waals surface area contributed by atoms with Crippen molar-refractivity contribution in [1.29, 1.82) is 0 Å². The van der Waals surface area contributed by atoms with E-state index in [4.69, 9.17) is 4.42 Å². The molecule has 5 rings (SSSR count). The highest BCUT2D eigenvalue weighted by Crippen LogP contribution is 2.33. The third kappa shape index (κ3) is 5.34. The summed E-state index contributed by atoms with van der Waals surface area (Å²) in [5.74, 6) is -1.02. The van der Waals surface area contributed by atoms with Crippen LogP contribution in [0.5, 0.6) is 0 Å². The molecule has 0 unspecified atom stereocenters. The molecular formula is C27H22FN3O5S. The number of rotatable bonds is 5. The summed E-state index contributed by atoms with van der Waals surface area (Å²) in [6, 6.07) is 15.9. The average Bonchev–Trinajstić information content (AvgIpc) is 3.53. The van der Waals surface area contributed by atoms with Crippen molar-refractivity contribution in [1.82, 2.24) is 14.7 Å². The molecule has 2 fully saturated rings. The number of carbonyl (C=O) groups excluding carboxylic acids is 4. The van der Waals surface area contributed by atoms with Crippen molar-refractivity contribution in [3.63, 3.8) is 0 Å². The number of imide groups is 1. The smallest absolute Gasteiger partial charge is 0.293 e. The number of hydrogen-bond donors (Lipinski definition) is 0. The Balaban J connectivity index is 1.24. The van der Waals surface area contributed by atoms with Gasteiger partial charge in [-0.05, 0) is 65.4 Å². The standard InChI is InChI=1S/C27H22FN3O5S/c28-21-7-2-5-19(15-21)17-31-26(34)23(37-27(31)35)16-18-4-1-6-20(14-18)24(32)29-9-11-30(12-10-29)25(33)22-8-3-13-36-22/h1-8,13-16H,9-12,17H2/b23-16-. The van der Waals surface area contributed by atoms with Crippen molar-refractivity contribution < 1.29 is 28.0 Å². The van der Waals surface area contributed by atoms with Gasteiger partial charge in [0.05, 0.1) is 17.7 Å². The van der Waals surface area contributed by atoms with Crippen LogP contribution in [0.3, 0.4) is 0 Å². The third-order valence-corrected chi connectivity index (χ3v) is 7.03. The number of piperazine rings is 1. The lowest BCUT2D eigenvalue weighted by atomic mass is 10.1. The number of furan rings is 1. The van der Waals surface area contributed by atoms with Gasteiger partial charge in [0.2, 0.25) is 0 Å². The van der Waals surface area contributed by atoms with Crippen molar-refractivity contribution in [3.05, 3.63) is 100 Å². The fraction of sp³-hybridized carbons (Fsp3) is 0.185. The van der Waals surface area contributed by atoms with E-state index in [0.29, 0.717) is 42.9 Å². The second-order valence-electron chi connectivity index (χ2n) is 8.58. The first-order valence-corrected chi connectivity index (χ1v) is 12.4. The summed E-state index contributed by atoms with van der Waals surface area (Å²) in [4.78, 5) is 55.5. The van der Waals surface area contributed by atoms with Crippen LogP contribution in [0.15, 0.2) is 76.2 Å². The molecular weight excluding hydrogens is 497 g/mol. The van der Waals surface area contributed by atoms with Gasteiger partial charge in [-0.25, -0.2) is 4.39 Å². The zero-order valence-electron chi connectivity index (χ0n) is 19.6. The van der Waals surface area contributed by atoms with E-state index in [0.717, 1.165) is 16.7 Å². The Morgan fingerprint density at radius 1 is 0.919 bits per heavy atom. The first-order valence-electron chi connectivity index (χ1n) is 11.6. The number of halogens is 1. The highest BCUT2D eigenvalue weighted by Gasteiger charge is 2.35. The molecule has 188 valence electrons.